The van der Waals surface area contributed by atoms with E-state index in [2.05, 4.69) is 39.1 Å². The van der Waals surface area contributed by atoms with Crippen LogP contribution in [-0.4, -0.2) is 55.0 Å². The smallest absolute Gasteiger partial charge is 0.236 e. The standard InChI is InChI=1S/C13H20BrN3OS/c1-10-6-15-3-4-17(10)8-13(18)16(2)7-12-5-11(14)9-19-12/h5,9-10,15H,3-4,6-8H2,1-2H3/t10-/m0/s1. The minimum atomic E-state index is 0.193. The molecule has 2 heterocycles. The van der Waals surface area contributed by atoms with Crippen LogP contribution in [0, 0.1) is 0 Å². The molecule has 1 fully saturated rings. The molecule has 1 saturated heterocycles. The fourth-order valence-electron chi connectivity index (χ4n) is 2.17. The molecule has 1 aliphatic heterocycles. The van der Waals surface area contributed by atoms with Crippen molar-refractivity contribution >= 4 is 33.2 Å². The monoisotopic (exact) mass is 345 g/mol. The van der Waals surface area contributed by atoms with Crippen LogP contribution in [0.1, 0.15) is 11.8 Å². The van der Waals surface area contributed by atoms with E-state index >= 15 is 0 Å². The number of likely N-dealkylation sites (N-methyl/N-ethyl adjacent to an activating group) is 1. The second-order valence-corrected chi connectivity index (χ2v) is 6.92. The van der Waals surface area contributed by atoms with Crippen molar-refractivity contribution in [3.63, 3.8) is 0 Å². The van der Waals surface area contributed by atoms with Gasteiger partial charge in [0.05, 0.1) is 13.1 Å². The van der Waals surface area contributed by atoms with Gasteiger partial charge in [0.25, 0.3) is 0 Å². The molecular formula is C13H20BrN3OS. The molecule has 4 nitrogen and oxygen atoms in total. The van der Waals surface area contributed by atoms with Crippen molar-refractivity contribution in [2.24, 2.45) is 0 Å². The minimum absolute atomic E-state index is 0.193. The second-order valence-electron chi connectivity index (χ2n) is 5.00. The summed E-state index contributed by atoms with van der Waals surface area (Å²) < 4.78 is 1.09. The van der Waals surface area contributed by atoms with Crippen molar-refractivity contribution in [2.45, 2.75) is 19.5 Å². The molecule has 1 aromatic rings. The van der Waals surface area contributed by atoms with Crippen molar-refractivity contribution in [1.82, 2.24) is 15.1 Å². The van der Waals surface area contributed by atoms with E-state index in [4.69, 9.17) is 0 Å². The van der Waals surface area contributed by atoms with Gasteiger partial charge < -0.3 is 10.2 Å². The van der Waals surface area contributed by atoms with E-state index in [-0.39, 0.29) is 5.91 Å². The maximum absolute atomic E-state index is 12.2. The fraction of sp³-hybridized carbons (Fsp3) is 0.615. The highest BCUT2D eigenvalue weighted by Gasteiger charge is 2.21. The van der Waals surface area contributed by atoms with Crippen molar-refractivity contribution in [3.05, 3.63) is 20.8 Å². The zero-order valence-electron chi connectivity index (χ0n) is 11.4. The van der Waals surface area contributed by atoms with Crippen LogP contribution in [0.25, 0.3) is 0 Å². The molecule has 0 spiro atoms. The van der Waals surface area contributed by atoms with Gasteiger partial charge in [-0.15, -0.1) is 11.3 Å². The van der Waals surface area contributed by atoms with Crippen molar-refractivity contribution in [2.75, 3.05) is 33.2 Å². The molecule has 1 amide bonds. The second kappa shape index (κ2) is 6.83. The molecule has 1 aromatic heterocycles. The number of nitrogens with one attached hydrogen (secondary N) is 1. The van der Waals surface area contributed by atoms with Gasteiger partial charge in [-0.2, -0.15) is 0 Å². The third kappa shape index (κ3) is 4.27. The maximum atomic E-state index is 12.2. The molecule has 19 heavy (non-hydrogen) atoms. The Balaban J connectivity index is 1.85. The maximum Gasteiger partial charge on any atom is 0.236 e. The number of halogens is 1. The summed E-state index contributed by atoms with van der Waals surface area (Å²) in [5.74, 6) is 0.193. The van der Waals surface area contributed by atoms with Gasteiger partial charge >= 0.3 is 0 Å². The average Bonchev–Trinajstić information content (AvgIpc) is 2.77. The first kappa shape index (κ1) is 15.0. The number of carbonyl (C=O) groups is 1. The Bertz CT molecular complexity index is 437. The van der Waals surface area contributed by atoms with Crippen molar-refractivity contribution in [1.29, 1.82) is 0 Å². The molecule has 0 unspecified atom stereocenters. The molecule has 0 saturated carbocycles. The summed E-state index contributed by atoms with van der Waals surface area (Å²) >= 11 is 5.12. The summed E-state index contributed by atoms with van der Waals surface area (Å²) in [6.45, 7) is 6.26. The van der Waals surface area contributed by atoms with E-state index in [1.807, 2.05) is 17.3 Å². The average molecular weight is 346 g/mol. The van der Waals surface area contributed by atoms with Gasteiger partial charge in [-0.3, -0.25) is 9.69 Å². The van der Waals surface area contributed by atoms with Crippen LogP contribution in [0.5, 0.6) is 0 Å². The van der Waals surface area contributed by atoms with Crippen LogP contribution in [0.15, 0.2) is 15.9 Å². The summed E-state index contributed by atoms with van der Waals surface area (Å²) in [6, 6.07) is 2.50. The minimum Gasteiger partial charge on any atom is -0.340 e. The van der Waals surface area contributed by atoms with Crippen LogP contribution >= 0.6 is 27.3 Å². The molecule has 1 N–H and O–H groups in total. The van der Waals surface area contributed by atoms with E-state index in [0.29, 0.717) is 19.1 Å². The number of nitrogens with zero attached hydrogens (tertiary/aromatic N) is 2. The van der Waals surface area contributed by atoms with E-state index < -0.39 is 0 Å². The number of carbonyl (C=O) groups excluding carboxylic acids is 1. The molecular weight excluding hydrogens is 326 g/mol. The van der Waals surface area contributed by atoms with Crippen LogP contribution in [-0.2, 0) is 11.3 Å². The Morgan fingerprint density at radius 2 is 2.47 bits per heavy atom. The Morgan fingerprint density at radius 1 is 1.68 bits per heavy atom. The summed E-state index contributed by atoms with van der Waals surface area (Å²) in [4.78, 5) is 17.5. The Labute approximate surface area is 126 Å². The van der Waals surface area contributed by atoms with E-state index in [1.165, 1.54) is 4.88 Å². The molecule has 0 radical (unpaired) electrons. The van der Waals surface area contributed by atoms with Crippen LogP contribution in [0.2, 0.25) is 0 Å². The van der Waals surface area contributed by atoms with Gasteiger partial charge in [0.15, 0.2) is 0 Å². The van der Waals surface area contributed by atoms with Crippen LogP contribution < -0.4 is 5.32 Å². The predicted octanol–water partition coefficient (Wildman–Crippen LogP) is 1.76. The zero-order chi connectivity index (χ0) is 13.8. The van der Waals surface area contributed by atoms with Gasteiger partial charge in [-0.25, -0.2) is 0 Å². The van der Waals surface area contributed by atoms with Gasteiger partial charge in [-0.1, -0.05) is 0 Å². The third-order valence-electron chi connectivity index (χ3n) is 3.42. The number of hydrogen-bond acceptors (Lipinski definition) is 4. The predicted molar refractivity (Wildman–Crippen MR) is 82.4 cm³/mol. The zero-order valence-corrected chi connectivity index (χ0v) is 13.8. The third-order valence-corrected chi connectivity index (χ3v) is 5.10. The Morgan fingerprint density at radius 3 is 3.11 bits per heavy atom. The highest BCUT2D eigenvalue weighted by atomic mass is 79.9. The normalized spacial score (nSPS) is 20.5. The van der Waals surface area contributed by atoms with E-state index in [1.54, 1.807) is 11.3 Å². The molecule has 0 aliphatic carbocycles. The van der Waals surface area contributed by atoms with Gasteiger partial charge in [0.2, 0.25) is 5.91 Å². The van der Waals surface area contributed by atoms with Crippen LogP contribution in [0.3, 0.4) is 0 Å². The quantitative estimate of drug-likeness (QED) is 0.903. The van der Waals surface area contributed by atoms with Crippen LogP contribution in [0.4, 0.5) is 0 Å². The first-order valence-electron chi connectivity index (χ1n) is 6.48. The summed E-state index contributed by atoms with van der Waals surface area (Å²) in [6.07, 6.45) is 0. The topological polar surface area (TPSA) is 35.6 Å². The lowest BCUT2D eigenvalue weighted by atomic mass is 10.2. The van der Waals surface area contributed by atoms with Gasteiger partial charge in [0.1, 0.15) is 0 Å². The first-order chi connectivity index (χ1) is 9.06. The van der Waals surface area contributed by atoms with Crippen molar-refractivity contribution in [3.8, 4) is 0 Å². The number of hydrogen-bond donors (Lipinski definition) is 1. The number of amides is 1. The van der Waals surface area contributed by atoms with E-state index in [0.717, 1.165) is 24.1 Å². The molecule has 0 bridgehead atoms. The van der Waals surface area contributed by atoms with Gasteiger partial charge in [-0.05, 0) is 28.9 Å². The molecule has 1 aliphatic rings. The summed E-state index contributed by atoms with van der Waals surface area (Å²) in [5, 5.41) is 5.39. The molecule has 106 valence electrons. The lowest BCUT2D eigenvalue weighted by Crippen LogP contribution is -2.52. The highest BCUT2D eigenvalue weighted by Crippen LogP contribution is 2.20. The molecule has 1 atom stereocenters. The molecule has 2 rings (SSSR count). The number of piperazine rings is 1. The summed E-state index contributed by atoms with van der Waals surface area (Å²) in [7, 11) is 1.88. The fourth-order valence-corrected chi connectivity index (χ4v) is 3.67. The van der Waals surface area contributed by atoms with Crippen molar-refractivity contribution < 1.29 is 4.79 Å². The lowest BCUT2D eigenvalue weighted by molar-refractivity contribution is -0.132. The summed E-state index contributed by atoms with van der Waals surface area (Å²) in [5.41, 5.74) is 0. The van der Waals surface area contributed by atoms with E-state index in [9.17, 15) is 4.79 Å². The first-order valence-corrected chi connectivity index (χ1v) is 8.15. The Kier molecular flexibility index (Phi) is 5.38. The lowest BCUT2D eigenvalue weighted by Gasteiger charge is -2.34. The van der Waals surface area contributed by atoms with Gasteiger partial charge in [0, 0.05) is 47.5 Å². The number of rotatable bonds is 4. The largest absolute Gasteiger partial charge is 0.340 e. The number of thiophene rings is 1. The molecule has 0 aromatic carbocycles. The SMILES string of the molecule is C[C@H]1CNCCN1CC(=O)N(C)Cc1cc(Br)cs1. The Hall–Kier alpha value is -0.430. The highest BCUT2D eigenvalue weighted by molar-refractivity contribution is 9.10. The molecule has 6 heteroatoms.